The van der Waals surface area contributed by atoms with Gasteiger partial charge in [-0.3, -0.25) is 9.89 Å². The van der Waals surface area contributed by atoms with Gasteiger partial charge >= 0.3 is 0 Å². The normalized spacial score (nSPS) is 26.1. The molecular weight excluding hydrogens is 340 g/mol. The Morgan fingerprint density at radius 2 is 1.67 bits per heavy atom. The predicted octanol–water partition coefficient (Wildman–Crippen LogP) is 2.13. The highest BCUT2D eigenvalue weighted by Crippen LogP contribution is 2.37. The SMILES string of the molecule is CCNC(=NCC1(CN2CCOCC2)CCCCC1)NCC1(O)CCCC1. The van der Waals surface area contributed by atoms with Gasteiger partial charge in [0.05, 0.1) is 18.8 Å². The second-order valence-corrected chi connectivity index (χ2v) is 8.93. The van der Waals surface area contributed by atoms with Gasteiger partial charge in [-0.2, -0.15) is 0 Å². The van der Waals surface area contributed by atoms with E-state index in [0.29, 0.717) is 12.0 Å². The summed E-state index contributed by atoms with van der Waals surface area (Å²) < 4.78 is 5.53. The van der Waals surface area contributed by atoms with Crippen LogP contribution in [0.4, 0.5) is 0 Å². The molecule has 2 saturated carbocycles. The first-order chi connectivity index (χ1) is 13.1. The van der Waals surface area contributed by atoms with Crippen molar-refractivity contribution >= 4 is 5.96 Å². The molecule has 1 aliphatic heterocycles. The molecule has 27 heavy (non-hydrogen) atoms. The van der Waals surface area contributed by atoms with Crippen LogP contribution in [-0.4, -0.2) is 74.0 Å². The number of guanidine groups is 1. The number of aliphatic imine (C=N–C) groups is 1. The molecule has 3 N–H and O–H groups in total. The van der Waals surface area contributed by atoms with Crippen molar-refractivity contribution in [3.8, 4) is 0 Å². The Bertz CT molecular complexity index is 465. The molecular formula is C21H40N4O2. The lowest BCUT2D eigenvalue weighted by Gasteiger charge is -2.41. The molecule has 0 amide bonds. The highest BCUT2D eigenvalue weighted by Gasteiger charge is 2.35. The first-order valence-corrected chi connectivity index (χ1v) is 11.2. The van der Waals surface area contributed by atoms with E-state index in [1.807, 2.05) is 0 Å². The van der Waals surface area contributed by atoms with Gasteiger partial charge in [0.1, 0.15) is 0 Å². The van der Waals surface area contributed by atoms with Crippen molar-refractivity contribution in [2.45, 2.75) is 70.3 Å². The molecule has 2 aliphatic carbocycles. The van der Waals surface area contributed by atoms with Gasteiger partial charge in [-0.15, -0.1) is 0 Å². The van der Waals surface area contributed by atoms with E-state index in [9.17, 15) is 5.11 Å². The molecule has 0 unspecified atom stereocenters. The van der Waals surface area contributed by atoms with E-state index in [1.54, 1.807) is 0 Å². The van der Waals surface area contributed by atoms with Crippen LogP contribution in [0.2, 0.25) is 0 Å². The molecule has 0 aromatic heterocycles. The Morgan fingerprint density at radius 3 is 2.33 bits per heavy atom. The highest BCUT2D eigenvalue weighted by atomic mass is 16.5. The Labute approximate surface area is 165 Å². The number of aliphatic hydroxyl groups is 1. The van der Waals surface area contributed by atoms with Crippen LogP contribution in [0.5, 0.6) is 0 Å². The Hall–Kier alpha value is -0.850. The third-order valence-electron chi connectivity index (χ3n) is 6.61. The maximum absolute atomic E-state index is 10.6. The molecule has 0 radical (unpaired) electrons. The van der Waals surface area contributed by atoms with Crippen molar-refractivity contribution in [2.24, 2.45) is 10.4 Å². The third kappa shape index (κ3) is 6.33. The summed E-state index contributed by atoms with van der Waals surface area (Å²) in [7, 11) is 0. The molecule has 0 aromatic rings. The summed E-state index contributed by atoms with van der Waals surface area (Å²) in [6.07, 6.45) is 10.6. The van der Waals surface area contributed by atoms with E-state index in [-0.39, 0.29) is 0 Å². The Morgan fingerprint density at radius 1 is 1.00 bits per heavy atom. The second kappa shape index (κ2) is 10.1. The van der Waals surface area contributed by atoms with Crippen LogP contribution in [0.3, 0.4) is 0 Å². The van der Waals surface area contributed by atoms with Gasteiger partial charge in [0.2, 0.25) is 0 Å². The van der Waals surface area contributed by atoms with Gasteiger partial charge in [0.15, 0.2) is 5.96 Å². The molecule has 0 aromatic carbocycles. The minimum absolute atomic E-state index is 0.294. The fourth-order valence-electron chi connectivity index (χ4n) is 4.95. The Kier molecular flexibility index (Phi) is 7.79. The summed E-state index contributed by atoms with van der Waals surface area (Å²) in [5, 5.41) is 17.4. The number of morpholine rings is 1. The summed E-state index contributed by atoms with van der Waals surface area (Å²) in [4.78, 5) is 7.57. The maximum atomic E-state index is 10.6. The molecule has 6 heteroatoms. The van der Waals surface area contributed by atoms with Crippen molar-refractivity contribution in [1.29, 1.82) is 0 Å². The number of hydrogen-bond donors (Lipinski definition) is 3. The largest absolute Gasteiger partial charge is 0.388 e. The van der Waals surface area contributed by atoms with E-state index in [0.717, 1.165) is 77.6 Å². The smallest absolute Gasteiger partial charge is 0.191 e. The van der Waals surface area contributed by atoms with Gasteiger partial charge in [-0.1, -0.05) is 32.1 Å². The van der Waals surface area contributed by atoms with Crippen LogP contribution >= 0.6 is 0 Å². The van der Waals surface area contributed by atoms with Crippen LogP contribution in [-0.2, 0) is 4.74 Å². The maximum Gasteiger partial charge on any atom is 0.191 e. The summed E-state index contributed by atoms with van der Waals surface area (Å²) in [6, 6.07) is 0. The van der Waals surface area contributed by atoms with Gasteiger partial charge < -0.3 is 20.5 Å². The lowest BCUT2D eigenvalue weighted by molar-refractivity contribution is 0.00936. The lowest BCUT2D eigenvalue weighted by Crippen LogP contribution is -2.48. The van der Waals surface area contributed by atoms with Crippen molar-refractivity contribution in [3.05, 3.63) is 0 Å². The number of rotatable bonds is 7. The predicted molar refractivity (Wildman–Crippen MR) is 110 cm³/mol. The van der Waals surface area contributed by atoms with E-state index in [4.69, 9.17) is 9.73 Å². The van der Waals surface area contributed by atoms with Crippen molar-refractivity contribution in [2.75, 3.05) is 52.5 Å². The molecule has 0 spiro atoms. The fourth-order valence-corrected chi connectivity index (χ4v) is 4.95. The molecule has 156 valence electrons. The van der Waals surface area contributed by atoms with Gasteiger partial charge in [0, 0.05) is 44.7 Å². The molecule has 1 saturated heterocycles. The number of nitrogens with one attached hydrogen (secondary N) is 2. The summed E-state index contributed by atoms with van der Waals surface area (Å²) in [5.41, 5.74) is -0.255. The van der Waals surface area contributed by atoms with E-state index in [1.165, 1.54) is 32.1 Å². The minimum Gasteiger partial charge on any atom is -0.388 e. The van der Waals surface area contributed by atoms with Crippen molar-refractivity contribution in [1.82, 2.24) is 15.5 Å². The van der Waals surface area contributed by atoms with E-state index in [2.05, 4.69) is 22.5 Å². The molecule has 0 bridgehead atoms. The van der Waals surface area contributed by atoms with Crippen molar-refractivity contribution in [3.63, 3.8) is 0 Å². The number of hydrogen-bond acceptors (Lipinski definition) is 4. The van der Waals surface area contributed by atoms with E-state index < -0.39 is 5.60 Å². The topological polar surface area (TPSA) is 69.1 Å². The molecule has 3 rings (SSSR count). The average molecular weight is 381 g/mol. The monoisotopic (exact) mass is 380 g/mol. The van der Waals surface area contributed by atoms with Gasteiger partial charge in [0.25, 0.3) is 0 Å². The minimum atomic E-state index is -0.549. The van der Waals surface area contributed by atoms with Gasteiger partial charge in [-0.25, -0.2) is 0 Å². The summed E-state index contributed by atoms with van der Waals surface area (Å²) in [5.74, 6) is 0.866. The molecule has 1 heterocycles. The second-order valence-electron chi connectivity index (χ2n) is 8.93. The zero-order chi connectivity index (χ0) is 19.0. The summed E-state index contributed by atoms with van der Waals surface area (Å²) in [6.45, 7) is 9.40. The average Bonchev–Trinajstić information content (AvgIpc) is 3.12. The zero-order valence-corrected chi connectivity index (χ0v) is 17.3. The zero-order valence-electron chi connectivity index (χ0n) is 17.3. The standard InChI is InChI=1S/C21H40N4O2/c1-2-22-19(24-17-21(26)10-6-7-11-21)23-16-20(8-4-3-5-9-20)18-25-12-14-27-15-13-25/h26H,2-18H2,1H3,(H2,22,23,24). The quantitative estimate of drug-likeness (QED) is 0.466. The first-order valence-electron chi connectivity index (χ1n) is 11.2. The lowest BCUT2D eigenvalue weighted by atomic mass is 9.73. The van der Waals surface area contributed by atoms with Crippen molar-refractivity contribution < 1.29 is 9.84 Å². The van der Waals surface area contributed by atoms with Crippen LogP contribution in [0, 0.1) is 5.41 Å². The van der Waals surface area contributed by atoms with E-state index >= 15 is 0 Å². The number of nitrogens with zero attached hydrogens (tertiary/aromatic N) is 2. The fraction of sp³-hybridized carbons (Fsp3) is 0.952. The Balaban J connectivity index is 1.60. The molecule has 3 fully saturated rings. The molecule has 6 nitrogen and oxygen atoms in total. The van der Waals surface area contributed by atoms with Crippen LogP contribution in [0.1, 0.15) is 64.7 Å². The van der Waals surface area contributed by atoms with Crippen LogP contribution in [0.15, 0.2) is 4.99 Å². The summed E-state index contributed by atoms with van der Waals surface area (Å²) >= 11 is 0. The molecule has 3 aliphatic rings. The van der Waals surface area contributed by atoms with Crippen LogP contribution in [0.25, 0.3) is 0 Å². The van der Waals surface area contributed by atoms with Crippen LogP contribution < -0.4 is 10.6 Å². The highest BCUT2D eigenvalue weighted by molar-refractivity contribution is 5.79. The third-order valence-corrected chi connectivity index (χ3v) is 6.61. The first kappa shape index (κ1) is 20.9. The number of ether oxygens (including phenoxy) is 1. The van der Waals surface area contributed by atoms with Gasteiger partial charge in [-0.05, 0) is 32.6 Å². The molecule has 0 atom stereocenters.